The zero-order valence-electron chi connectivity index (χ0n) is 31.0. The number of hydrogen-bond acceptors (Lipinski definition) is 14. The van der Waals surface area contributed by atoms with E-state index < -0.39 is 17.3 Å². The molecule has 0 amide bonds. The molecular weight excluding hydrogens is 719 g/mol. The summed E-state index contributed by atoms with van der Waals surface area (Å²) >= 11 is 0. The summed E-state index contributed by atoms with van der Waals surface area (Å²) in [5, 5.41) is 12.7. The Kier molecular flexibility index (Phi) is 14.6. The third kappa shape index (κ3) is 11.6. The van der Waals surface area contributed by atoms with Gasteiger partial charge < -0.3 is 53.1 Å². The van der Waals surface area contributed by atoms with Crippen LogP contribution in [-0.4, -0.2) is 116 Å². The van der Waals surface area contributed by atoms with Crippen molar-refractivity contribution in [2.75, 3.05) is 95.8 Å². The van der Waals surface area contributed by atoms with Gasteiger partial charge in [0.1, 0.15) is 49.3 Å². The number of halogens is 1. The second-order valence-electron chi connectivity index (χ2n) is 13.5. The predicted molar refractivity (Wildman–Crippen MR) is 199 cm³/mol. The predicted octanol–water partition coefficient (Wildman–Crippen LogP) is 4.74. The minimum Gasteiger partial charge on any atom is -0.490 e. The minimum atomic E-state index is -0.899. The van der Waals surface area contributed by atoms with E-state index in [1.165, 1.54) is 12.1 Å². The number of anilines is 2. The van der Waals surface area contributed by atoms with Gasteiger partial charge in [0.25, 0.3) is 5.09 Å². The molecule has 3 aliphatic heterocycles. The molecule has 4 atom stereocenters. The van der Waals surface area contributed by atoms with Crippen LogP contribution in [0, 0.1) is 15.9 Å². The number of fused-ring (bicyclic) bond motifs is 1. The Labute approximate surface area is 319 Å². The zero-order valence-corrected chi connectivity index (χ0v) is 31.0. The van der Waals surface area contributed by atoms with Gasteiger partial charge in [-0.3, -0.25) is 0 Å². The molecule has 1 N–H and O–H groups in total. The summed E-state index contributed by atoms with van der Waals surface area (Å²) in [5.74, 6) is 0.930. The molecular formula is C39H49FN4O11. The molecule has 0 aliphatic carbocycles. The number of carbonyl (C=O) groups is 1. The first kappa shape index (κ1) is 39.8. The summed E-state index contributed by atoms with van der Waals surface area (Å²) in [7, 11) is 1.70. The summed E-state index contributed by atoms with van der Waals surface area (Å²) in [6, 6.07) is 20.4. The third-order valence-electron chi connectivity index (χ3n) is 9.72. The number of hydrogen-bond donors (Lipinski definition) is 1. The fraction of sp³-hybridized carbons (Fsp3) is 0.513. The van der Waals surface area contributed by atoms with Crippen LogP contribution < -0.4 is 24.6 Å². The van der Waals surface area contributed by atoms with Crippen LogP contribution in [0.25, 0.3) is 0 Å². The van der Waals surface area contributed by atoms with Crippen LogP contribution >= 0.6 is 0 Å². The van der Waals surface area contributed by atoms with Crippen LogP contribution in [0.3, 0.4) is 0 Å². The van der Waals surface area contributed by atoms with Crippen molar-refractivity contribution in [3.8, 4) is 11.5 Å². The largest absolute Gasteiger partial charge is 0.508 e. The molecule has 298 valence electrons. The second kappa shape index (κ2) is 20.1. The Morgan fingerprint density at radius 3 is 2.65 bits per heavy atom. The molecule has 2 saturated heterocycles. The van der Waals surface area contributed by atoms with Crippen molar-refractivity contribution in [3.05, 3.63) is 93.8 Å². The maximum atomic E-state index is 13.8. The number of nitrogens with one attached hydrogen (secondary N) is 1. The van der Waals surface area contributed by atoms with E-state index in [2.05, 4.69) is 26.0 Å². The number of methoxy groups -OCH3 is 1. The van der Waals surface area contributed by atoms with Gasteiger partial charge in [-0.1, -0.05) is 24.3 Å². The van der Waals surface area contributed by atoms with Gasteiger partial charge in [0.15, 0.2) is 0 Å². The smallest absolute Gasteiger partial charge is 0.490 e. The second-order valence-corrected chi connectivity index (χ2v) is 13.5. The molecule has 0 bridgehead atoms. The highest BCUT2D eigenvalue weighted by molar-refractivity contribution is 5.61. The van der Waals surface area contributed by atoms with Crippen molar-refractivity contribution in [3.63, 3.8) is 0 Å². The molecule has 15 nitrogen and oxygen atoms in total. The lowest BCUT2D eigenvalue weighted by Gasteiger charge is -2.38. The van der Waals surface area contributed by atoms with Gasteiger partial charge >= 0.3 is 6.16 Å². The minimum absolute atomic E-state index is 0.0202. The maximum absolute atomic E-state index is 13.8. The summed E-state index contributed by atoms with van der Waals surface area (Å²) in [4.78, 5) is 31.8. The molecule has 3 heterocycles. The van der Waals surface area contributed by atoms with Crippen LogP contribution in [0.2, 0.25) is 0 Å². The van der Waals surface area contributed by atoms with E-state index in [4.69, 9.17) is 33.2 Å². The average molecular weight is 769 g/mol. The highest BCUT2D eigenvalue weighted by Gasteiger charge is 2.38. The Bertz CT molecular complexity index is 1690. The summed E-state index contributed by atoms with van der Waals surface area (Å²) in [5.41, 5.74) is 3.75. The number of nitrogens with zero attached hydrogens (tertiary/aromatic N) is 3. The first-order valence-electron chi connectivity index (χ1n) is 18.6. The molecule has 4 unspecified atom stereocenters. The Morgan fingerprint density at radius 1 is 1.00 bits per heavy atom. The Balaban J connectivity index is 1.11. The highest BCUT2D eigenvalue weighted by Crippen LogP contribution is 2.35. The maximum Gasteiger partial charge on any atom is 0.508 e. The standard InChI is InChI=1S/C39H49FN4O11/c1-48-16-3-13-42-15-17-50-35-11-6-28(22-34(35)42)27-52-36-24-41-25-37(55-39(45)51-20-18-49-19-21-53-44(46)47)38(36)29-7-9-32(10-8-29)54-33-12-14-43(26-33)31-5-2-4-30(40)23-31/h2,4-11,22-23,33,36-38,41H,3,12-21,24-27H2,1H3. The van der Waals surface area contributed by atoms with Crippen molar-refractivity contribution in [1.29, 1.82) is 0 Å². The van der Waals surface area contributed by atoms with Crippen molar-refractivity contribution in [1.82, 2.24) is 5.32 Å². The average Bonchev–Trinajstić information content (AvgIpc) is 3.66. The van der Waals surface area contributed by atoms with Crippen molar-refractivity contribution in [2.45, 2.75) is 43.7 Å². The van der Waals surface area contributed by atoms with E-state index in [1.54, 1.807) is 13.2 Å². The zero-order chi connectivity index (χ0) is 38.4. The molecule has 16 heteroatoms. The van der Waals surface area contributed by atoms with Crippen LogP contribution in [0.4, 0.5) is 20.6 Å². The summed E-state index contributed by atoms with van der Waals surface area (Å²) in [6.07, 6.45) is -0.219. The summed E-state index contributed by atoms with van der Waals surface area (Å²) < 4.78 is 54.3. The normalized spacial score (nSPS) is 20.7. The highest BCUT2D eigenvalue weighted by atomic mass is 19.1. The third-order valence-corrected chi connectivity index (χ3v) is 9.72. The van der Waals surface area contributed by atoms with E-state index in [1.807, 2.05) is 42.5 Å². The lowest BCUT2D eigenvalue weighted by atomic mass is 9.85. The van der Waals surface area contributed by atoms with Gasteiger partial charge in [-0.25, -0.2) is 9.18 Å². The molecule has 3 aromatic rings. The lowest BCUT2D eigenvalue weighted by molar-refractivity contribution is -0.758. The number of carbonyl (C=O) groups excluding carboxylic acids is 1. The van der Waals surface area contributed by atoms with Crippen LogP contribution in [0.1, 0.15) is 29.9 Å². The van der Waals surface area contributed by atoms with E-state index in [0.717, 1.165) is 60.7 Å². The topological polar surface area (TPSA) is 153 Å². The SMILES string of the molecule is COCCCN1CCOc2ccc(COC3CNCC(OC(=O)OCCOCCO[N+](=O)[O-])C3c3ccc(OC4CCN(c5cccc(F)c5)C4)cc3)cc21. The van der Waals surface area contributed by atoms with Crippen LogP contribution in [0.15, 0.2) is 66.7 Å². The van der Waals surface area contributed by atoms with Gasteiger partial charge in [0.2, 0.25) is 0 Å². The fourth-order valence-electron chi connectivity index (χ4n) is 7.12. The van der Waals surface area contributed by atoms with Gasteiger partial charge in [-0.05, 0) is 60.0 Å². The molecule has 0 saturated carbocycles. The number of piperidine rings is 1. The number of rotatable bonds is 19. The number of benzene rings is 3. The van der Waals surface area contributed by atoms with E-state index in [0.29, 0.717) is 45.2 Å². The van der Waals surface area contributed by atoms with Gasteiger partial charge in [-0.2, -0.15) is 0 Å². The van der Waals surface area contributed by atoms with Crippen molar-refractivity contribution < 1.29 is 52.3 Å². The van der Waals surface area contributed by atoms with Gasteiger partial charge in [0, 0.05) is 57.9 Å². The van der Waals surface area contributed by atoms with Crippen LogP contribution in [0.5, 0.6) is 11.5 Å². The fourth-order valence-corrected chi connectivity index (χ4v) is 7.12. The van der Waals surface area contributed by atoms with Crippen molar-refractivity contribution >= 4 is 17.5 Å². The molecule has 2 fully saturated rings. The van der Waals surface area contributed by atoms with E-state index in [-0.39, 0.29) is 50.4 Å². The van der Waals surface area contributed by atoms with E-state index >= 15 is 0 Å². The molecule has 3 aliphatic rings. The Morgan fingerprint density at radius 2 is 1.84 bits per heavy atom. The molecule has 0 radical (unpaired) electrons. The molecule has 6 rings (SSSR count). The molecule has 55 heavy (non-hydrogen) atoms. The Hall–Kier alpha value is -4.90. The quantitative estimate of drug-likeness (QED) is 0.0774. The summed E-state index contributed by atoms with van der Waals surface area (Å²) in [6.45, 7) is 5.24. The molecule has 3 aromatic carbocycles. The van der Waals surface area contributed by atoms with Gasteiger partial charge in [0.05, 0.1) is 44.7 Å². The number of ether oxygens (including phenoxy) is 7. The molecule has 0 spiro atoms. The van der Waals surface area contributed by atoms with Crippen molar-refractivity contribution in [2.24, 2.45) is 0 Å². The monoisotopic (exact) mass is 768 g/mol. The lowest BCUT2D eigenvalue weighted by Crippen LogP contribution is -2.51. The molecule has 0 aromatic heterocycles. The first-order valence-corrected chi connectivity index (χ1v) is 18.6. The van der Waals surface area contributed by atoms with Gasteiger partial charge in [-0.15, -0.1) is 10.1 Å². The first-order chi connectivity index (χ1) is 26.9. The van der Waals surface area contributed by atoms with E-state index in [9.17, 15) is 19.3 Å². The van der Waals surface area contributed by atoms with Crippen LogP contribution in [-0.2, 0) is 35.1 Å².